The fraction of sp³-hybridized carbons (Fsp3) is 0.919. The SMILES string of the molecule is CCC/C=C\CCCCCCCCOCC(COC1OC(COC2OC(CO)C(O)C(O)C2O)C(O)C(O)C1O)OC(=O)CCCCCCCC. The molecule has 0 amide bonds. The summed E-state index contributed by atoms with van der Waals surface area (Å²) >= 11 is 0. The van der Waals surface area contributed by atoms with E-state index in [2.05, 4.69) is 26.0 Å². The molecule has 2 saturated heterocycles. The first-order valence-electron chi connectivity index (χ1n) is 19.3. The van der Waals surface area contributed by atoms with E-state index in [1.54, 1.807) is 0 Å². The summed E-state index contributed by atoms with van der Waals surface area (Å²) in [6.45, 7) is 3.51. The van der Waals surface area contributed by atoms with Crippen LogP contribution in [0.5, 0.6) is 0 Å². The van der Waals surface area contributed by atoms with Gasteiger partial charge in [-0.3, -0.25) is 4.79 Å². The average Bonchev–Trinajstić information content (AvgIpc) is 3.12. The number of carbonyl (C=O) groups is 1. The molecule has 2 rings (SSSR count). The van der Waals surface area contributed by atoms with Crippen LogP contribution in [-0.4, -0.2) is 142 Å². The summed E-state index contributed by atoms with van der Waals surface area (Å²) in [6.07, 6.45) is 4.78. The van der Waals surface area contributed by atoms with Gasteiger partial charge in [0.05, 0.1) is 26.4 Å². The van der Waals surface area contributed by atoms with Gasteiger partial charge in [-0.1, -0.05) is 90.2 Å². The smallest absolute Gasteiger partial charge is 0.306 e. The van der Waals surface area contributed by atoms with Gasteiger partial charge in [-0.15, -0.1) is 0 Å². The van der Waals surface area contributed by atoms with E-state index in [0.717, 1.165) is 57.8 Å². The Kier molecular flexibility index (Phi) is 24.6. The molecule has 0 aliphatic carbocycles. The van der Waals surface area contributed by atoms with Crippen molar-refractivity contribution in [3.05, 3.63) is 12.2 Å². The first-order chi connectivity index (χ1) is 24.6. The summed E-state index contributed by atoms with van der Waals surface area (Å²) in [7, 11) is 0. The predicted octanol–water partition coefficient (Wildman–Crippen LogP) is 2.39. The summed E-state index contributed by atoms with van der Waals surface area (Å²) in [5, 5.41) is 71.4. The second-order valence-electron chi connectivity index (χ2n) is 13.8. The number of unbranched alkanes of at least 4 members (excludes halogenated alkanes) is 12. The average molecular weight is 737 g/mol. The van der Waals surface area contributed by atoms with E-state index in [0.29, 0.717) is 13.0 Å². The Morgan fingerprint density at radius 2 is 1.20 bits per heavy atom. The van der Waals surface area contributed by atoms with Crippen molar-refractivity contribution in [1.29, 1.82) is 0 Å². The fourth-order valence-electron chi connectivity index (χ4n) is 5.99. The molecule has 0 bridgehead atoms. The molecule has 11 atom stereocenters. The van der Waals surface area contributed by atoms with Gasteiger partial charge in [-0.2, -0.15) is 0 Å². The van der Waals surface area contributed by atoms with Crippen LogP contribution in [0.3, 0.4) is 0 Å². The highest BCUT2D eigenvalue weighted by atomic mass is 16.7. The number of carbonyl (C=O) groups excluding carboxylic acids is 1. The molecule has 7 N–H and O–H groups in total. The number of hydrogen-bond donors (Lipinski definition) is 7. The monoisotopic (exact) mass is 736 g/mol. The Labute approximate surface area is 304 Å². The molecule has 14 heteroatoms. The quantitative estimate of drug-likeness (QED) is 0.0349. The Balaban J connectivity index is 1.86. The van der Waals surface area contributed by atoms with Gasteiger partial charge in [0, 0.05) is 13.0 Å². The Hall–Kier alpha value is -1.27. The number of allylic oxidation sites excluding steroid dienone is 2. The first-order valence-corrected chi connectivity index (χ1v) is 19.3. The van der Waals surface area contributed by atoms with Crippen LogP contribution < -0.4 is 0 Å². The van der Waals surface area contributed by atoms with Gasteiger partial charge < -0.3 is 64.2 Å². The maximum Gasteiger partial charge on any atom is 0.306 e. The normalized spacial score (nSPS) is 30.5. The molecule has 51 heavy (non-hydrogen) atoms. The topological polar surface area (TPSA) is 214 Å². The minimum Gasteiger partial charge on any atom is -0.457 e. The van der Waals surface area contributed by atoms with Gasteiger partial charge in [-0.25, -0.2) is 0 Å². The third kappa shape index (κ3) is 17.6. The van der Waals surface area contributed by atoms with Crippen LogP contribution in [0, 0.1) is 0 Å². The molecular weight excluding hydrogens is 668 g/mol. The number of aliphatic hydroxyl groups is 7. The first kappa shape index (κ1) is 45.9. The number of aliphatic hydroxyl groups excluding tert-OH is 7. The molecule has 14 nitrogen and oxygen atoms in total. The highest BCUT2D eigenvalue weighted by molar-refractivity contribution is 5.69. The zero-order valence-corrected chi connectivity index (χ0v) is 30.8. The lowest BCUT2D eigenvalue weighted by Gasteiger charge is -2.42. The summed E-state index contributed by atoms with van der Waals surface area (Å²) < 4.78 is 33.8. The van der Waals surface area contributed by atoms with Gasteiger partial charge in [0.1, 0.15) is 54.9 Å². The van der Waals surface area contributed by atoms with Crippen LogP contribution in [0.25, 0.3) is 0 Å². The molecule has 11 unspecified atom stereocenters. The van der Waals surface area contributed by atoms with Crippen molar-refractivity contribution >= 4 is 5.97 Å². The predicted molar refractivity (Wildman–Crippen MR) is 187 cm³/mol. The molecule has 2 heterocycles. The molecular formula is C37H68O14. The summed E-state index contributed by atoms with van der Waals surface area (Å²) in [4.78, 5) is 12.7. The van der Waals surface area contributed by atoms with Crippen molar-refractivity contribution in [2.75, 3.05) is 33.0 Å². The van der Waals surface area contributed by atoms with Crippen LogP contribution in [0.15, 0.2) is 12.2 Å². The van der Waals surface area contributed by atoms with Gasteiger partial charge in [0.15, 0.2) is 12.6 Å². The highest BCUT2D eigenvalue weighted by Gasteiger charge is 2.47. The second kappa shape index (κ2) is 27.3. The summed E-state index contributed by atoms with van der Waals surface area (Å²) in [5.74, 6) is -0.390. The molecule has 0 aromatic heterocycles. The molecule has 0 saturated carbocycles. The maximum absolute atomic E-state index is 12.7. The summed E-state index contributed by atoms with van der Waals surface area (Å²) in [5.41, 5.74) is 0. The number of ether oxygens (including phenoxy) is 6. The van der Waals surface area contributed by atoms with E-state index >= 15 is 0 Å². The van der Waals surface area contributed by atoms with Gasteiger partial charge in [0.25, 0.3) is 0 Å². The zero-order chi connectivity index (χ0) is 37.4. The summed E-state index contributed by atoms with van der Waals surface area (Å²) in [6, 6.07) is 0. The van der Waals surface area contributed by atoms with Crippen molar-refractivity contribution in [2.45, 2.75) is 184 Å². The van der Waals surface area contributed by atoms with Crippen molar-refractivity contribution in [1.82, 2.24) is 0 Å². The van der Waals surface area contributed by atoms with Crippen LogP contribution in [0.2, 0.25) is 0 Å². The van der Waals surface area contributed by atoms with Crippen LogP contribution >= 0.6 is 0 Å². The minimum absolute atomic E-state index is 0.0595. The van der Waals surface area contributed by atoms with Crippen molar-refractivity contribution in [3.63, 3.8) is 0 Å². The lowest BCUT2D eigenvalue weighted by Crippen LogP contribution is -2.61. The Morgan fingerprint density at radius 1 is 0.627 bits per heavy atom. The van der Waals surface area contributed by atoms with Gasteiger partial charge in [0.2, 0.25) is 0 Å². The number of esters is 1. The molecule has 2 fully saturated rings. The van der Waals surface area contributed by atoms with Crippen molar-refractivity contribution in [2.24, 2.45) is 0 Å². The van der Waals surface area contributed by atoms with E-state index in [1.807, 2.05) is 0 Å². The zero-order valence-electron chi connectivity index (χ0n) is 30.8. The molecule has 2 aliphatic rings. The van der Waals surface area contributed by atoms with Crippen molar-refractivity contribution < 1.29 is 69.0 Å². The highest BCUT2D eigenvalue weighted by Crippen LogP contribution is 2.26. The Morgan fingerprint density at radius 3 is 1.86 bits per heavy atom. The number of hydrogen-bond acceptors (Lipinski definition) is 14. The second-order valence-corrected chi connectivity index (χ2v) is 13.8. The number of rotatable bonds is 28. The largest absolute Gasteiger partial charge is 0.457 e. The van der Waals surface area contributed by atoms with Gasteiger partial charge in [-0.05, 0) is 32.1 Å². The van der Waals surface area contributed by atoms with Crippen LogP contribution in [-0.2, 0) is 33.2 Å². The fourth-order valence-corrected chi connectivity index (χ4v) is 5.99. The third-order valence-electron chi connectivity index (χ3n) is 9.26. The lowest BCUT2D eigenvalue weighted by molar-refractivity contribution is -0.332. The van der Waals surface area contributed by atoms with Crippen molar-refractivity contribution in [3.8, 4) is 0 Å². The van der Waals surface area contributed by atoms with E-state index < -0.39 is 86.7 Å². The molecule has 300 valence electrons. The Bertz CT molecular complexity index is 907. The molecule has 0 radical (unpaired) electrons. The third-order valence-corrected chi connectivity index (χ3v) is 9.26. The standard InChI is InChI=1S/C37H68O14/c1-3-5-7-9-11-12-13-14-15-17-19-21-46-23-26(49-29(39)20-18-16-10-8-6-4-2)24-47-36-35(45)33(43)31(41)28(51-36)25-48-37-34(44)32(42)30(40)27(22-38)50-37/h7,9,26-28,30-38,40-45H,3-6,8,10-25H2,1-2H3/b9-7-. The molecule has 2 aliphatic heterocycles. The molecule has 0 spiro atoms. The van der Waals surface area contributed by atoms with E-state index in [4.69, 9.17) is 28.4 Å². The van der Waals surface area contributed by atoms with E-state index in [9.17, 15) is 40.5 Å². The van der Waals surface area contributed by atoms with Crippen LogP contribution in [0.4, 0.5) is 0 Å². The van der Waals surface area contributed by atoms with E-state index in [1.165, 1.54) is 32.1 Å². The lowest BCUT2D eigenvalue weighted by atomic mass is 9.98. The maximum atomic E-state index is 12.7. The van der Waals surface area contributed by atoms with E-state index in [-0.39, 0.29) is 19.6 Å². The molecule has 0 aromatic carbocycles. The van der Waals surface area contributed by atoms with Crippen LogP contribution in [0.1, 0.15) is 117 Å². The van der Waals surface area contributed by atoms with Gasteiger partial charge >= 0.3 is 5.97 Å². The minimum atomic E-state index is -1.70. The molecule has 0 aromatic rings.